The lowest BCUT2D eigenvalue weighted by molar-refractivity contribution is -0.149. The van der Waals surface area contributed by atoms with Crippen LogP contribution in [0.15, 0.2) is 29.1 Å². The molecule has 1 aromatic carbocycles. The topological polar surface area (TPSA) is 101 Å². The van der Waals surface area contributed by atoms with Crippen LogP contribution < -0.4 is 10.9 Å². The van der Waals surface area contributed by atoms with Crippen molar-refractivity contribution >= 4 is 22.8 Å². The number of benzene rings is 1. The Morgan fingerprint density at radius 3 is 2.68 bits per heavy atom. The van der Waals surface area contributed by atoms with Gasteiger partial charge in [-0.2, -0.15) is 0 Å². The number of aryl methyl sites for hydroxylation is 1. The summed E-state index contributed by atoms with van der Waals surface area (Å²) in [4.78, 5) is 42.3. The monoisotopic (exact) mass is 345 g/mol. The number of nitrogens with zero attached hydrogens (tertiary/aromatic N) is 1. The smallest absolute Gasteiger partial charge is 0.306 e. The Balaban J connectivity index is 1.80. The lowest BCUT2D eigenvalue weighted by Crippen LogP contribution is -2.42. The van der Waals surface area contributed by atoms with Crippen LogP contribution in [-0.4, -0.2) is 34.0 Å². The first-order chi connectivity index (χ1) is 11.7. The van der Waals surface area contributed by atoms with Crippen LogP contribution in [0.4, 0.5) is 0 Å². The highest BCUT2D eigenvalue weighted by Gasteiger charge is 2.15. The van der Waals surface area contributed by atoms with E-state index in [0.717, 1.165) is 0 Å². The molecule has 1 heterocycles. The summed E-state index contributed by atoms with van der Waals surface area (Å²) in [5, 5.41) is 3.25. The number of nitrogens with one attached hydrogen (secondary N) is 2. The van der Waals surface area contributed by atoms with E-state index in [4.69, 9.17) is 4.74 Å². The number of esters is 1. The fourth-order valence-electron chi connectivity index (χ4n) is 2.33. The van der Waals surface area contributed by atoms with E-state index in [1.54, 1.807) is 18.2 Å². The number of aromatic amines is 1. The predicted molar refractivity (Wildman–Crippen MR) is 94.2 cm³/mol. The van der Waals surface area contributed by atoms with E-state index in [2.05, 4.69) is 15.3 Å². The van der Waals surface area contributed by atoms with Crippen LogP contribution in [0.25, 0.3) is 10.9 Å². The Morgan fingerprint density at radius 1 is 1.24 bits per heavy atom. The molecule has 0 atom stereocenters. The molecule has 0 saturated carbocycles. The molecule has 0 aliphatic rings. The van der Waals surface area contributed by atoms with Crippen LogP contribution in [0.2, 0.25) is 0 Å². The van der Waals surface area contributed by atoms with Crippen LogP contribution in [0.1, 0.15) is 39.4 Å². The molecule has 134 valence electrons. The number of rotatable bonds is 6. The number of H-pyrrole nitrogens is 1. The van der Waals surface area contributed by atoms with Gasteiger partial charge in [-0.05, 0) is 39.3 Å². The predicted octanol–water partition coefficient (Wildman–Crippen LogP) is 1.70. The standard InChI is InChI=1S/C18H23N3O4/c1-18(2,3)21-15(22)11-25-16(23)10-6-9-14-19-13-8-5-4-7-12(13)17(24)20-14/h4-5,7-8H,6,9-11H2,1-3H3,(H,21,22)(H,19,20,24). The minimum atomic E-state index is -0.452. The van der Waals surface area contributed by atoms with Crippen molar-refractivity contribution in [1.29, 1.82) is 0 Å². The number of ether oxygens (including phenoxy) is 1. The first-order valence-corrected chi connectivity index (χ1v) is 8.19. The maximum absolute atomic E-state index is 12.0. The molecule has 1 amide bonds. The molecular weight excluding hydrogens is 322 g/mol. The van der Waals surface area contributed by atoms with Gasteiger partial charge in [-0.15, -0.1) is 0 Å². The van der Waals surface area contributed by atoms with Crippen LogP contribution >= 0.6 is 0 Å². The second kappa shape index (κ2) is 7.92. The van der Waals surface area contributed by atoms with E-state index in [-0.39, 0.29) is 30.0 Å². The van der Waals surface area contributed by atoms with Gasteiger partial charge in [-0.25, -0.2) is 4.98 Å². The molecule has 0 aliphatic heterocycles. The highest BCUT2D eigenvalue weighted by atomic mass is 16.5. The summed E-state index contributed by atoms with van der Waals surface area (Å²) in [5.74, 6) is -0.254. The molecular formula is C18H23N3O4. The summed E-state index contributed by atoms with van der Waals surface area (Å²) in [6, 6.07) is 7.09. The minimum absolute atomic E-state index is 0.152. The third kappa shape index (κ3) is 6.02. The van der Waals surface area contributed by atoms with E-state index in [0.29, 0.717) is 29.6 Å². The normalized spacial score (nSPS) is 11.3. The molecule has 0 spiro atoms. The second-order valence-corrected chi connectivity index (χ2v) is 6.84. The van der Waals surface area contributed by atoms with Crippen molar-refractivity contribution in [3.05, 3.63) is 40.4 Å². The molecule has 0 aliphatic carbocycles. The summed E-state index contributed by atoms with van der Waals surface area (Å²) in [6.45, 7) is 5.26. The van der Waals surface area contributed by atoms with Crippen LogP contribution in [0.5, 0.6) is 0 Å². The average Bonchev–Trinajstić information content (AvgIpc) is 2.51. The SMILES string of the molecule is CC(C)(C)NC(=O)COC(=O)CCCc1nc2ccccc2c(=O)[nH]1. The zero-order valence-corrected chi connectivity index (χ0v) is 14.7. The fraction of sp³-hybridized carbons (Fsp3) is 0.444. The van der Waals surface area contributed by atoms with Gasteiger partial charge in [-0.3, -0.25) is 14.4 Å². The Bertz CT molecular complexity index is 821. The summed E-state index contributed by atoms with van der Waals surface area (Å²) < 4.78 is 4.94. The van der Waals surface area contributed by atoms with Gasteiger partial charge in [0.25, 0.3) is 11.5 Å². The Hall–Kier alpha value is -2.70. The second-order valence-electron chi connectivity index (χ2n) is 6.84. The van der Waals surface area contributed by atoms with Gasteiger partial charge in [0.05, 0.1) is 10.9 Å². The molecule has 0 bridgehead atoms. The van der Waals surface area contributed by atoms with E-state index >= 15 is 0 Å². The zero-order valence-electron chi connectivity index (χ0n) is 14.7. The van der Waals surface area contributed by atoms with Gasteiger partial charge in [0.1, 0.15) is 5.82 Å². The molecule has 0 saturated heterocycles. The maximum atomic E-state index is 12.0. The maximum Gasteiger partial charge on any atom is 0.306 e. The summed E-state index contributed by atoms with van der Waals surface area (Å²) in [5.41, 5.74) is 0.0709. The zero-order chi connectivity index (χ0) is 18.4. The number of carbonyl (C=O) groups is 2. The van der Waals surface area contributed by atoms with Gasteiger partial charge in [0, 0.05) is 18.4 Å². The van der Waals surface area contributed by atoms with Crippen molar-refractivity contribution in [2.24, 2.45) is 0 Å². The average molecular weight is 345 g/mol. The molecule has 0 unspecified atom stereocenters. The van der Waals surface area contributed by atoms with E-state index in [1.165, 1.54) is 0 Å². The third-order valence-electron chi connectivity index (χ3n) is 3.34. The third-order valence-corrected chi connectivity index (χ3v) is 3.34. The molecule has 25 heavy (non-hydrogen) atoms. The van der Waals surface area contributed by atoms with E-state index in [1.807, 2.05) is 26.8 Å². The molecule has 2 rings (SSSR count). The van der Waals surface area contributed by atoms with Crippen molar-refractivity contribution in [1.82, 2.24) is 15.3 Å². The van der Waals surface area contributed by atoms with Crippen molar-refractivity contribution in [3.63, 3.8) is 0 Å². The van der Waals surface area contributed by atoms with Crippen molar-refractivity contribution in [2.75, 3.05) is 6.61 Å². The number of amides is 1. The molecule has 2 N–H and O–H groups in total. The molecule has 7 nitrogen and oxygen atoms in total. The largest absolute Gasteiger partial charge is 0.456 e. The number of para-hydroxylation sites is 1. The quantitative estimate of drug-likeness (QED) is 0.776. The fourth-order valence-corrected chi connectivity index (χ4v) is 2.33. The van der Waals surface area contributed by atoms with Crippen LogP contribution in [0.3, 0.4) is 0 Å². The number of carbonyl (C=O) groups excluding carboxylic acids is 2. The van der Waals surface area contributed by atoms with Crippen molar-refractivity contribution in [2.45, 2.75) is 45.6 Å². The number of fused-ring (bicyclic) bond motifs is 1. The van der Waals surface area contributed by atoms with Crippen LogP contribution in [-0.2, 0) is 20.7 Å². The highest BCUT2D eigenvalue weighted by molar-refractivity contribution is 5.81. The molecule has 0 radical (unpaired) electrons. The van der Waals surface area contributed by atoms with Gasteiger partial charge in [-0.1, -0.05) is 12.1 Å². The van der Waals surface area contributed by atoms with Crippen LogP contribution in [0, 0.1) is 0 Å². The van der Waals surface area contributed by atoms with E-state index < -0.39 is 5.97 Å². The van der Waals surface area contributed by atoms with Gasteiger partial charge in [0.2, 0.25) is 0 Å². The Morgan fingerprint density at radius 2 is 1.96 bits per heavy atom. The first-order valence-electron chi connectivity index (χ1n) is 8.19. The molecule has 2 aromatic rings. The lowest BCUT2D eigenvalue weighted by Gasteiger charge is -2.20. The Labute approximate surface area is 145 Å². The minimum Gasteiger partial charge on any atom is -0.456 e. The van der Waals surface area contributed by atoms with Crippen molar-refractivity contribution in [3.8, 4) is 0 Å². The number of aromatic nitrogens is 2. The van der Waals surface area contributed by atoms with Crippen molar-refractivity contribution < 1.29 is 14.3 Å². The molecule has 7 heteroatoms. The molecule has 1 aromatic heterocycles. The Kier molecular flexibility index (Phi) is 5.90. The highest BCUT2D eigenvalue weighted by Crippen LogP contribution is 2.07. The van der Waals surface area contributed by atoms with Gasteiger partial charge >= 0.3 is 5.97 Å². The first kappa shape index (κ1) is 18.6. The lowest BCUT2D eigenvalue weighted by atomic mass is 10.1. The van der Waals surface area contributed by atoms with Gasteiger partial charge < -0.3 is 15.0 Å². The number of hydrogen-bond donors (Lipinski definition) is 2. The van der Waals surface area contributed by atoms with Gasteiger partial charge in [0.15, 0.2) is 6.61 Å². The summed E-state index contributed by atoms with van der Waals surface area (Å²) in [7, 11) is 0. The summed E-state index contributed by atoms with van der Waals surface area (Å²) >= 11 is 0. The molecule has 0 fully saturated rings. The number of hydrogen-bond acceptors (Lipinski definition) is 5. The summed E-state index contributed by atoms with van der Waals surface area (Å²) in [6.07, 6.45) is 1.07. The van der Waals surface area contributed by atoms with E-state index in [9.17, 15) is 14.4 Å².